The molecule has 3 nitrogen and oxygen atoms in total. The molecule has 0 saturated carbocycles. The van der Waals surface area contributed by atoms with Gasteiger partial charge in [-0.25, -0.2) is 0 Å². The molecular weight excluding hydrogens is 246 g/mol. The Morgan fingerprint density at radius 3 is 2.80 bits per heavy atom. The zero-order valence-corrected chi connectivity index (χ0v) is 12.6. The first kappa shape index (κ1) is 13.3. The van der Waals surface area contributed by atoms with Gasteiger partial charge in [0.15, 0.2) is 0 Å². The molecule has 1 atom stereocenters. The Morgan fingerprint density at radius 1 is 1.25 bits per heavy atom. The minimum absolute atomic E-state index is 0.204. The Balaban J connectivity index is 2.13. The molecule has 3 rings (SSSR count). The Hall–Kier alpha value is -1.74. The van der Waals surface area contributed by atoms with Crippen molar-refractivity contribution < 1.29 is 0 Å². The van der Waals surface area contributed by atoms with E-state index in [0.29, 0.717) is 0 Å². The van der Waals surface area contributed by atoms with E-state index in [-0.39, 0.29) is 6.04 Å². The summed E-state index contributed by atoms with van der Waals surface area (Å²) in [4.78, 5) is 2.14. The van der Waals surface area contributed by atoms with Crippen LogP contribution in [-0.2, 0) is 6.42 Å². The topological polar surface area (TPSA) is 34.2 Å². The molecule has 0 saturated heterocycles. The molecule has 0 spiro atoms. The van der Waals surface area contributed by atoms with Gasteiger partial charge in [0, 0.05) is 42.9 Å². The first-order valence-electron chi connectivity index (χ1n) is 7.32. The SMILES string of the molecule is Cc1cc2c(n1-c1cccc(N(C)C)c1)CCCC2N. The second kappa shape index (κ2) is 4.98. The summed E-state index contributed by atoms with van der Waals surface area (Å²) in [7, 11) is 4.15. The molecule has 106 valence electrons. The first-order valence-corrected chi connectivity index (χ1v) is 7.32. The van der Waals surface area contributed by atoms with E-state index < -0.39 is 0 Å². The Kier molecular flexibility index (Phi) is 3.30. The van der Waals surface area contributed by atoms with Gasteiger partial charge in [-0.3, -0.25) is 0 Å². The van der Waals surface area contributed by atoms with Crippen molar-refractivity contribution >= 4 is 5.69 Å². The fourth-order valence-electron chi connectivity index (χ4n) is 3.21. The average Bonchev–Trinajstić information content (AvgIpc) is 2.77. The molecule has 1 unspecified atom stereocenters. The van der Waals surface area contributed by atoms with Crippen molar-refractivity contribution in [2.24, 2.45) is 5.73 Å². The third kappa shape index (κ3) is 2.12. The van der Waals surface area contributed by atoms with Gasteiger partial charge < -0.3 is 15.2 Å². The summed E-state index contributed by atoms with van der Waals surface area (Å²) in [6.07, 6.45) is 3.42. The fraction of sp³-hybridized carbons (Fsp3) is 0.412. The van der Waals surface area contributed by atoms with Crippen LogP contribution in [0.3, 0.4) is 0 Å². The number of rotatable bonds is 2. The lowest BCUT2D eigenvalue weighted by Gasteiger charge is -2.22. The van der Waals surface area contributed by atoms with Crippen molar-refractivity contribution in [2.75, 3.05) is 19.0 Å². The van der Waals surface area contributed by atoms with Gasteiger partial charge in [0.1, 0.15) is 0 Å². The number of aryl methyl sites for hydroxylation is 1. The summed E-state index contributed by atoms with van der Waals surface area (Å²) >= 11 is 0. The predicted molar refractivity (Wildman–Crippen MR) is 84.7 cm³/mol. The summed E-state index contributed by atoms with van der Waals surface area (Å²) in [6.45, 7) is 2.17. The van der Waals surface area contributed by atoms with Crippen LogP contribution in [0.1, 0.15) is 35.8 Å². The quantitative estimate of drug-likeness (QED) is 0.908. The van der Waals surface area contributed by atoms with E-state index in [9.17, 15) is 0 Å². The van der Waals surface area contributed by atoms with E-state index in [1.165, 1.54) is 34.7 Å². The van der Waals surface area contributed by atoms with Crippen molar-refractivity contribution in [1.82, 2.24) is 4.57 Å². The highest BCUT2D eigenvalue weighted by Crippen LogP contribution is 2.33. The van der Waals surface area contributed by atoms with Gasteiger partial charge in [-0.2, -0.15) is 0 Å². The van der Waals surface area contributed by atoms with Gasteiger partial charge in [-0.15, -0.1) is 0 Å². The Morgan fingerprint density at radius 2 is 2.05 bits per heavy atom. The van der Waals surface area contributed by atoms with Crippen molar-refractivity contribution in [2.45, 2.75) is 32.2 Å². The smallest absolute Gasteiger partial charge is 0.0475 e. The van der Waals surface area contributed by atoms with Crippen LogP contribution < -0.4 is 10.6 Å². The van der Waals surface area contributed by atoms with Crippen LogP contribution in [0.15, 0.2) is 30.3 Å². The zero-order chi connectivity index (χ0) is 14.3. The number of hydrogen-bond acceptors (Lipinski definition) is 2. The third-order valence-corrected chi connectivity index (χ3v) is 4.25. The van der Waals surface area contributed by atoms with Crippen LogP contribution in [-0.4, -0.2) is 18.7 Å². The lowest BCUT2D eigenvalue weighted by atomic mass is 9.93. The lowest BCUT2D eigenvalue weighted by molar-refractivity contribution is 0.560. The summed E-state index contributed by atoms with van der Waals surface area (Å²) in [5, 5.41) is 0. The molecule has 1 aromatic heterocycles. The average molecular weight is 269 g/mol. The third-order valence-electron chi connectivity index (χ3n) is 4.25. The van der Waals surface area contributed by atoms with Crippen LogP contribution in [0.2, 0.25) is 0 Å². The van der Waals surface area contributed by atoms with Crippen LogP contribution in [0.5, 0.6) is 0 Å². The molecule has 1 aliphatic carbocycles. The number of anilines is 1. The summed E-state index contributed by atoms with van der Waals surface area (Å²) < 4.78 is 2.38. The highest BCUT2D eigenvalue weighted by Gasteiger charge is 2.22. The maximum Gasteiger partial charge on any atom is 0.0475 e. The number of aromatic nitrogens is 1. The van der Waals surface area contributed by atoms with E-state index in [2.05, 4.69) is 60.8 Å². The molecule has 1 heterocycles. The number of nitrogens with zero attached hydrogens (tertiary/aromatic N) is 2. The van der Waals surface area contributed by atoms with Crippen molar-refractivity contribution in [3.8, 4) is 5.69 Å². The molecule has 0 fully saturated rings. The van der Waals surface area contributed by atoms with Gasteiger partial charge in [-0.05, 0) is 56.0 Å². The summed E-state index contributed by atoms with van der Waals surface area (Å²) in [5.41, 5.74) is 12.7. The molecule has 3 heteroatoms. The van der Waals surface area contributed by atoms with Crippen LogP contribution in [0.25, 0.3) is 5.69 Å². The largest absolute Gasteiger partial charge is 0.378 e. The van der Waals surface area contributed by atoms with E-state index in [4.69, 9.17) is 5.73 Å². The molecular formula is C17H23N3. The molecule has 0 radical (unpaired) electrons. The molecule has 1 aromatic carbocycles. The second-order valence-electron chi connectivity index (χ2n) is 5.94. The van der Waals surface area contributed by atoms with E-state index in [1.807, 2.05) is 0 Å². The number of benzene rings is 1. The molecule has 0 amide bonds. The second-order valence-corrected chi connectivity index (χ2v) is 5.94. The highest BCUT2D eigenvalue weighted by atomic mass is 15.1. The van der Waals surface area contributed by atoms with Gasteiger partial charge in [-0.1, -0.05) is 6.07 Å². The lowest BCUT2D eigenvalue weighted by Crippen LogP contribution is -2.18. The highest BCUT2D eigenvalue weighted by molar-refractivity contribution is 5.54. The van der Waals surface area contributed by atoms with E-state index >= 15 is 0 Å². The monoisotopic (exact) mass is 269 g/mol. The van der Waals surface area contributed by atoms with Gasteiger partial charge in [0.05, 0.1) is 0 Å². The molecule has 2 N–H and O–H groups in total. The maximum absolute atomic E-state index is 6.26. The molecule has 1 aliphatic rings. The molecule has 0 bridgehead atoms. The van der Waals surface area contributed by atoms with Crippen molar-refractivity contribution in [1.29, 1.82) is 0 Å². The van der Waals surface area contributed by atoms with Crippen molar-refractivity contribution in [3.05, 3.63) is 47.3 Å². The Labute approximate surface area is 121 Å². The molecule has 20 heavy (non-hydrogen) atoms. The predicted octanol–water partition coefficient (Wildman–Crippen LogP) is 3.19. The number of nitrogens with two attached hydrogens (primary N) is 1. The maximum atomic E-state index is 6.26. The molecule has 0 aliphatic heterocycles. The van der Waals surface area contributed by atoms with E-state index in [1.54, 1.807) is 0 Å². The fourth-order valence-corrected chi connectivity index (χ4v) is 3.21. The minimum atomic E-state index is 0.204. The van der Waals surface area contributed by atoms with Crippen LogP contribution in [0.4, 0.5) is 5.69 Å². The normalized spacial score (nSPS) is 17.9. The minimum Gasteiger partial charge on any atom is -0.378 e. The van der Waals surface area contributed by atoms with E-state index in [0.717, 1.165) is 12.8 Å². The number of hydrogen-bond donors (Lipinski definition) is 1. The summed E-state index contributed by atoms with van der Waals surface area (Å²) in [6, 6.07) is 11.2. The molecule has 2 aromatic rings. The zero-order valence-electron chi connectivity index (χ0n) is 12.6. The van der Waals surface area contributed by atoms with Crippen LogP contribution in [0, 0.1) is 6.92 Å². The summed E-state index contributed by atoms with van der Waals surface area (Å²) in [5.74, 6) is 0. The Bertz CT molecular complexity index is 625. The van der Waals surface area contributed by atoms with Gasteiger partial charge >= 0.3 is 0 Å². The number of fused-ring (bicyclic) bond motifs is 1. The van der Waals surface area contributed by atoms with Gasteiger partial charge in [0.25, 0.3) is 0 Å². The van der Waals surface area contributed by atoms with Crippen LogP contribution >= 0.6 is 0 Å². The van der Waals surface area contributed by atoms with Crippen molar-refractivity contribution in [3.63, 3.8) is 0 Å². The first-order chi connectivity index (χ1) is 9.58. The standard InChI is InChI=1S/C17H23N3/c1-12-10-15-16(18)8-5-9-17(15)20(12)14-7-4-6-13(11-14)19(2)3/h4,6-7,10-11,16H,5,8-9,18H2,1-3H3. The van der Waals surface area contributed by atoms with Gasteiger partial charge in [0.2, 0.25) is 0 Å².